The zero-order valence-corrected chi connectivity index (χ0v) is 20.6. The predicted molar refractivity (Wildman–Crippen MR) is 127 cm³/mol. The smallest absolute Gasteiger partial charge is 0.0911 e. The quantitative estimate of drug-likeness (QED) is 0.417. The molecule has 8 unspecified atom stereocenters. The van der Waals surface area contributed by atoms with Crippen molar-refractivity contribution in [3.05, 3.63) is 11.6 Å². The van der Waals surface area contributed by atoms with Gasteiger partial charge in [-0.2, -0.15) is 5.26 Å². The van der Waals surface area contributed by atoms with Crippen LogP contribution in [0.15, 0.2) is 11.6 Å². The van der Waals surface area contributed by atoms with E-state index in [1.54, 1.807) is 5.57 Å². The van der Waals surface area contributed by atoms with Crippen LogP contribution in [-0.4, -0.2) is 0 Å². The van der Waals surface area contributed by atoms with Crippen LogP contribution in [0.3, 0.4) is 0 Å². The molecule has 0 spiro atoms. The molecule has 168 valence electrons. The predicted octanol–water partition coefficient (Wildman–Crippen LogP) is 8.56. The van der Waals surface area contributed by atoms with Crippen LogP contribution in [0.1, 0.15) is 112 Å². The van der Waals surface area contributed by atoms with Gasteiger partial charge in [-0.25, -0.2) is 0 Å². The summed E-state index contributed by atoms with van der Waals surface area (Å²) in [7, 11) is 0. The second-order valence-electron chi connectivity index (χ2n) is 12.8. The Kier molecular flexibility index (Phi) is 6.46. The normalized spacial score (nSPS) is 45.5. The molecule has 1 heteroatoms. The van der Waals surface area contributed by atoms with E-state index in [0.717, 1.165) is 35.5 Å². The summed E-state index contributed by atoms with van der Waals surface area (Å²) in [5, 5.41) is 9.54. The van der Waals surface area contributed by atoms with Crippen LogP contribution >= 0.6 is 0 Å². The lowest BCUT2D eigenvalue weighted by Gasteiger charge is -2.61. The van der Waals surface area contributed by atoms with Gasteiger partial charge in [0.2, 0.25) is 0 Å². The third-order valence-corrected chi connectivity index (χ3v) is 10.9. The molecule has 0 bridgehead atoms. The summed E-state index contributed by atoms with van der Waals surface area (Å²) in [5.41, 5.74) is 2.55. The molecule has 0 aliphatic heterocycles. The lowest BCUT2D eigenvalue weighted by atomic mass is 9.43. The highest BCUT2D eigenvalue weighted by Crippen LogP contribution is 2.69. The van der Waals surface area contributed by atoms with Gasteiger partial charge in [-0.05, 0) is 97.2 Å². The Morgan fingerprint density at radius 1 is 0.967 bits per heavy atom. The van der Waals surface area contributed by atoms with Gasteiger partial charge in [-0.15, -0.1) is 0 Å². The Labute approximate surface area is 187 Å². The first kappa shape index (κ1) is 22.4. The third kappa shape index (κ3) is 3.69. The Balaban J connectivity index is 1.55. The number of rotatable bonds is 5. The Bertz CT molecular complexity index is 683. The van der Waals surface area contributed by atoms with Gasteiger partial charge in [0.05, 0.1) is 6.07 Å². The van der Waals surface area contributed by atoms with Gasteiger partial charge in [0.15, 0.2) is 0 Å². The monoisotopic (exact) mass is 409 g/mol. The average molecular weight is 410 g/mol. The van der Waals surface area contributed by atoms with E-state index in [1.165, 1.54) is 77.0 Å². The summed E-state index contributed by atoms with van der Waals surface area (Å²) in [6.45, 7) is 12.6. The molecule has 4 fully saturated rings. The maximum absolute atomic E-state index is 9.54. The standard InChI is InChI=1S/C29H47N/c1-20(2)9-8-10-21(3)24-12-13-26-23-19-22(15-18-30)25-11-6-7-16-28(25,4)27(23)14-17-29(24,26)5/h15,20-21,23-27H,6-14,16-17,19H2,1-5H3/b22-15+. The van der Waals surface area contributed by atoms with Crippen molar-refractivity contribution in [3.8, 4) is 6.07 Å². The molecule has 0 saturated heterocycles. The number of fused-ring (bicyclic) bond motifs is 5. The van der Waals surface area contributed by atoms with E-state index in [9.17, 15) is 5.26 Å². The van der Waals surface area contributed by atoms with Gasteiger partial charge >= 0.3 is 0 Å². The van der Waals surface area contributed by atoms with Gasteiger partial charge < -0.3 is 0 Å². The molecule has 0 aromatic heterocycles. The molecular formula is C29H47N. The fraction of sp³-hybridized carbons (Fsp3) is 0.897. The van der Waals surface area contributed by atoms with Crippen LogP contribution in [0.5, 0.6) is 0 Å². The highest BCUT2D eigenvalue weighted by molar-refractivity contribution is 5.26. The van der Waals surface area contributed by atoms with E-state index in [2.05, 4.69) is 40.7 Å². The first-order valence-corrected chi connectivity index (χ1v) is 13.4. The maximum Gasteiger partial charge on any atom is 0.0911 e. The van der Waals surface area contributed by atoms with Crippen LogP contribution in [-0.2, 0) is 0 Å². The Morgan fingerprint density at radius 3 is 2.47 bits per heavy atom. The summed E-state index contributed by atoms with van der Waals surface area (Å²) in [4.78, 5) is 0. The molecule has 0 amide bonds. The maximum atomic E-state index is 9.54. The van der Waals surface area contributed by atoms with Gasteiger partial charge in [-0.1, -0.05) is 72.3 Å². The zero-order valence-electron chi connectivity index (χ0n) is 20.6. The fourth-order valence-corrected chi connectivity index (χ4v) is 9.48. The minimum Gasteiger partial charge on any atom is -0.193 e. The van der Waals surface area contributed by atoms with Gasteiger partial charge in [0.25, 0.3) is 0 Å². The van der Waals surface area contributed by atoms with Crippen molar-refractivity contribution in [2.24, 2.45) is 52.3 Å². The molecule has 0 radical (unpaired) electrons. The van der Waals surface area contributed by atoms with E-state index < -0.39 is 0 Å². The summed E-state index contributed by atoms with van der Waals surface area (Å²) < 4.78 is 0. The van der Waals surface area contributed by atoms with Crippen molar-refractivity contribution in [2.75, 3.05) is 0 Å². The summed E-state index contributed by atoms with van der Waals surface area (Å²) in [6.07, 6.45) is 18.8. The van der Waals surface area contributed by atoms with Crippen molar-refractivity contribution in [1.82, 2.24) is 0 Å². The van der Waals surface area contributed by atoms with E-state index in [-0.39, 0.29) is 0 Å². The number of hydrogen-bond acceptors (Lipinski definition) is 1. The van der Waals surface area contributed by atoms with Gasteiger partial charge in [0, 0.05) is 6.08 Å². The van der Waals surface area contributed by atoms with Crippen molar-refractivity contribution >= 4 is 0 Å². The highest BCUT2D eigenvalue weighted by atomic mass is 14.7. The van der Waals surface area contributed by atoms with E-state index in [4.69, 9.17) is 0 Å². The van der Waals surface area contributed by atoms with Crippen molar-refractivity contribution in [3.63, 3.8) is 0 Å². The minimum absolute atomic E-state index is 0.464. The molecule has 4 rings (SSSR count). The number of nitrogens with zero attached hydrogens (tertiary/aromatic N) is 1. The SMILES string of the molecule is CC(C)CCCC(C)C1CCC2C3C/C(=C\C#N)C4CCCCC4(C)C3CCC12C. The van der Waals surface area contributed by atoms with E-state index in [0.29, 0.717) is 16.7 Å². The van der Waals surface area contributed by atoms with Crippen molar-refractivity contribution in [1.29, 1.82) is 5.26 Å². The zero-order chi connectivity index (χ0) is 21.5. The molecule has 4 saturated carbocycles. The fourth-order valence-electron chi connectivity index (χ4n) is 9.48. The summed E-state index contributed by atoms with van der Waals surface area (Å²) in [6, 6.07) is 2.45. The number of hydrogen-bond donors (Lipinski definition) is 0. The lowest BCUT2D eigenvalue weighted by molar-refractivity contribution is -0.0940. The van der Waals surface area contributed by atoms with Crippen LogP contribution in [0.25, 0.3) is 0 Å². The Hall–Kier alpha value is -0.770. The molecule has 0 aromatic rings. The molecule has 0 heterocycles. The first-order chi connectivity index (χ1) is 14.3. The minimum atomic E-state index is 0.464. The van der Waals surface area contributed by atoms with Crippen molar-refractivity contribution < 1.29 is 0 Å². The van der Waals surface area contributed by atoms with Crippen LogP contribution in [0.2, 0.25) is 0 Å². The molecule has 0 N–H and O–H groups in total. The van der Waals surface area contributed by atoms with Crippen LogP contribution < -0.4 is 0 Å². The number of nitriles is 1. The molecule has 4 aliphatic carbocycles. The topological polar surface area (TPSA) is 23.8 Å². The summed E-state index contributed by atoms with van der Waals surface area (Å²) >= 11 is 0. The molecule has 8 atom stereocenters. The molecule has 0 aromatic carbocycles. The van der Waals surface area contributed by atoms with Gasteiger partial charge in [-0.3, -0.25) is 0 Å². The third-order valence-electron chi connectivity index (χ3n) is 10.9. The first-order valence-electron chi connectivity index (χ1n) is 13.4. The van der Waals surface area contributed by atoms with E-state index >= 15 is 0 Å². The van der Waals surface area contributed by atoms with Gasteiger partial charge in [0.1, 0.15) is 0 Å². The van der Waals surface area contributed by atoms with Crippen LogP contribution in [0.4, 0.5) is 0 Å². The average Bonchev–Trinajstić information content (AvgIpc) is 3.05. The second-order valence-corrected chi connectivity index (χ2v) is 12.8. The molecule has 4 aliphatic rings. The highest BCUT2D eigenvalue weighted by Gasteiger charge is 2.60. The molecule has 30 heavy (non-hydrogen) atoms. The Morgan fingerprint density at radius 2 is 1.73 bits per heavy atom. The largest absolute Gasteiger partial charge is 0.193 e. The van der Waals surface area contributed by atoms with Crippen molar-refractivity contribution in [2.45, 2.75) is 112 Å². The second kappa shape index (κ2) is 8.64. The molecular weight excluding hydrogens is 362 g/mol. The van der Waals surface area contributed by atoms with Crippen LogP contribution in [0, 0.1) is 63.6 Å². The summed E-state index contributed by atoms with van der Waals surface area (Å²) in [5.74, 6) is 6.00. The lowest BCUT2D eigenvalue weighted by Crippen LogP contribution is -2.53. The number of allylic oxidation sites excluding steroid dienone is 2. The molecule has 1 nitrogen and oxygen atoms in total. The van der Waals surface area contributed by atoms with E-state index in [1.807, 2.05) is 6.08 Å².